The number of hydrogen-bond acceptors (Lipinski definition) is 3. The van der Waals surface area contributed by atoms with Crippen molar-refractivity contribution < 1.29 is 9.53 Å². The number of aromatic nitrogens is 2. The molecule has 0 saturated heterocycles. The molecule has 25 heavy (non-hydrogen) atoms. The van der Waals surface area contributed by atoms with Crippen LogP contribution in [-0.4, -0.2) is 27.1 Å². The SMILES string of the molecule is O=C1c2cc(OCc3ccccc3)nn2CCN1Cc1ccccc1. The highest BCUT2D eigenvalue weighted by Gasteiger charge is 2.26. The smallest absolute Gasteiger partial charge is 0.272 e. The summed E-state index contributed by atoms with van der Waals surface area (Å²) in [6.45, 7) is 2.40. The van der Waals surface area contributed by atoms with Crippen LogP contribution in [0.25, 0.3) is 0 Å². The minimum Gasteiger partial charge on any atom is -0.472 e. The van der Waals surface area contributed by atoms with E-state index in [-0.39, 0.29) is 5.91 Å². The van der Waals surface area contributed by atoms with Gasteiger partial charge in [-0.05, 0) is 11.1 Å². The molecule has 0 spiro atoms. The number of fused-ring (bicyclic) bond motifs is 1. The molecule has 5 heteroatoms. The van der Waals surface area contributed by atoms with E-state index in [0.29, 0.717) is 37.8 Å². The molecule has 1 aliphatic rings. The minimum atomic E-state index is -0.00263. The van der Waals surface area contributed by atoms with Gasteiger partial charge >= 0.3 is 0 Å². The van der Waals surface area contributed by atoms with Crippen molar-refractivity contribution in [2.24, 2.45) is 0 Å². The Kier molecular flexibility index (Phi) is 4.21. The van der Waals surface area contributed by atoms with E-state index < -0.39 is 0 Å². The maximum absolute atomic E-state index is 12.7. The highest BCUT2D eigenvalue weighted by atomic mass is 16.5. The Morgan fingerprint density at radius 1 is 0.920 bits per heavy atom. The Morgan fingerprint density at radius 2 is 1.60 bits per heavy atom. The molecule has 0 N–H and O–H groups in total. The summed E-state index contributed by atoms with van der Waals surface area (Å²) in [5.41, 5.74) is 2.79. The first-order chi connectivity index (χ1) is 12.3. The van der Waals surface area contributed by atoms with E-state index in [1.807, 2.05) is 65.6 Å². The monoisotopic (exact) mass is 333 g/mol. The number of carbonyl (C=O) groups excluding carboxylic acids is 1. The molecule has 126 valence electrons. The molecule has 0 fully saturated rings. The Labute approximate surface area is 146 Å². The third-order valence-corrected chi connectivity index (χ3v) is 4.29. The lowest BCUT2D eigenvalue weighted by molar-refractivity contribution is 0.0683. The van der Waals surface area contributed by atoms with Crippen LogP contribution in [0.4, 0.5) is 0 Å². The summed E-state index contributed by atoms with van der Waals surface area (Å²) in [6.07, 6.45) is 0. The van der Waals surface area contributed by atoms with Crippen LogP contribution in [0.1, 0.15) is 21.6 Å². The Morgan fingerprint density at radius 3 is 2.32 bits per heavy atom. The normalized spacial score (nSPS) is 13.6. The van der Waals surface area contributed by atoms with E-state index >= 15 is 0 Å². The van der Waals surface area contributed by atoms with Gasteiger partial charge in [-0.1, -0.05) is 60.7 Å². The highest BCUT2D eigenvalue weighted by Crippen LogP contribution is 2.20. The quantitative estimate of drug-likeness (QED) is 0.721. The molecule has 1 aromatic heterocycles. The van der Waals surface area contributed by atoms with Crippen LogP contribution in [0.15, 0.2) is 66.7 Å². The largest absolute Gasteiger partial charge is 0.472 e. The molecule has 1 aliphatic heterocycles. The predicted molar refractivity (Wildman–Crippen MR) is 94.2 cm³/mol. The van der Waals surface area contributed by atoms with Crippen molar-refractivity contribution in [3.05, 3.63) is 83.6 Å². The second-order valence-corrected chi connectivity index (χ2v) is 6.08. The molecule has 0 unspecified atom stereocenters. The zero-order valence-electron chi connectivity index (χ0n) is 13.8. The van der Waals surface area contributed by atoms with Crippen LogP contribution in [0.3, 0.4) is 0 Å². The molecule has 0 saturated carbocycles. The van der Waals surface area contributed by atoms with Crippen molar-refractivity contribution in [2.45, 2.75) is 19.7 Å². The third-order valence-electron chi connectivity index (χ3n) is 4.29. The number of carbonyl (C=O) groups is 1. The standard InChI is InChI=1S/C20H19N3O2/c24-20-18-13-19(25-15-17-9-5-2-6-10-17)21-23(18)12-11-22(20)14-16-7-3-1-4-8-16/h1-10,13H,11-12,14-15H2. The van der Waals surface area contributed by atoms with Crippen LogP contribution in [0, 0.1) is 0 Å². The molecule has 0 atom stereocenters. The molecule has 4 rings (SSSR count). The van der Waals surface area contributed by atoms with Crippen molar-refractivity contribution >= 4 is 5.91 Å². The van der Waals surface area contributed by atoms with E-state index in [1.165, 1.54) is 0 Å². The first-order valence-electron chi connectivity index (χ1n) is 8.37. The van der Waals surface area contributed by atoms with Crippen LogP contribution in [0.5, 0.6) is 5.88 Å². The maximum Gasteiger partial charge on any atom is 0.272 e. The maximum atomic E-state index is 12.7. The zero-order valence-corrected chi connectivity index (χ0v) is 13.8. The van der Waals surface area contributed by atoms with Gasteiger partial charge in [-0.3, -0.25) is 9.48 Å². The molecule has 2 aromatic carbocycles. The van der Waals surface area contributed by atoms with Crippen molar-refractivity contribution in [3.8, 4) is 5.88 Å². The fraction of sp³-hybridized carbons (Fsp3) is 0.200. The number of nitrogens with zero attached hydrogens (tertiary/aromatic N) is 3. The van der Waals surface area contributed by atoms with Gasteiger partial charge in [0.1, 0.15) is 12.3 Å². The number of amides is 1. The summed E-state index contributed by atoms with van der Waals surface area (Å²) in [6, 6.07) is 21.7. The first-order valence-corrected chi connectivity index (χ1v) is 8.37. The van der Waals surface area contributed by atoms with Gasteiger partial charge in [-0.25, -0.2) is 0 Å². The Hall–Kier alpha value is -3.08. The van der Waals surface area contributed by atoms with Crippen LogP contribution >= 0.6 is 0 Å². The summed E-state index contributed by atoms with van der Waals surface area (Å²) < 4.78 is 7.48. The number of ether oxygens (including phenoxy) is 1. The van der Waals surface area contributed by atoms with E-state index in [9.17, 15) is 4.79 Å². The van der Waals surface area contributed by atoms with Gasteiger partial charge in [0.2, 0.25) is 5.88 Å². The van der Waals surface area contributed by atoms with Gasteiger partial charge < -0.3 is 9.64 Å². The lowest BCUT2D eigenvalue weighted by atomic mass is 10.2. The Bertz CT molecular complexity index is 859. The molecule has 3 aromatic rings. The first kappa shape index (κ1) is 15.4. The van der Waals surface area contributed by atoms with Crippen LogP contribution in [-0.2, 0) is 19.7 Å². The van der Waals surface area contributed by atoms with Gasteiger partial charge in [0.05, 0.1) is 6.54 Å². The molecular weight excluding hydrogens is 314 g/mol. The second kappa shape index (κ2) is 6.81. The van der Waals surface area contributed by atoms with Gasteiger partial charge in [-0.15, -0.1) is 5.10 Å². The lowest BCUT2D eigenvalue weighted by Crippen LogP contribution is -2.39. The molecule has 5 nitrogen and oxygen atoms in total. The minimum absolute atomic E-state index is 0.00263. The van der Waals surface area contributed by atoms with E-state index in [1.54, 1.807) is 10.7 Å². The predicted octanol–water partition coefficient (Wildman–Crippen LogP) is 3.12. The van der Waals surface area contributed by atoms with Gasteiger partial charge in [0.15, 0.2) is 0 Å². The Balaban J connectivity index is 1.45. The number of benzene rings is 2. The van der Waals surface area contributed by atoms with Gasteiger partial charge in [-0.2, -0.15) is 0 Å². The average molecular weight is 333 g/mol. The van der Waals surface area contributed by atoms with Crippen molar-refractivity contribution in [1.29, 1.82) is 0 Å². The molecule has 2 heterocycles. The zero-order chi connectivity index (χ0) is 17.1. The van der Waals surface area contributed by atoms with Crippen molar-refractivity contribution in [3.63, 3.8) is 0 Å². The molecule has 0 radical (unpaired) electrons. The fourth-order valence-corrected chi connectivity index (χ4v) is 2.97. The summed E-state index contributed by atoms with van der Waals surface area (Å²) in [7, 11) is 0. The summed E-state index contributed by atoms with van der Waals surface area (Å²) in [5, 5.41) is 4.40. The fourth-order valence-electron chi connectivity index (χ4n) is 2.97. The second-order valence-electron chi connectivity index (χ2n) is 6.08. The van der Waals surface area contributed by atoms with Crippen molar-refractivity contribution in [2.75, 3.05) is 6.54 Å². The third kappa shape index (κ3) is 3.40. The van der Waals surface area contributed by atoms with Gasteiger partial charge in [0.25, 0.3) is 5.91 Å². The molecule has 0 aliphatic carbocycles. The number of rotatable bonds is 5. The van der Waals surface area contributed by atoms with Crippen LogP contribution in [0.2, 0.25) is 0 Å². The highest BCUT2D eigenvalue weighted by molar-refractivity contribution is 5.93. The van der Waals surface area contributed by atoms with E-state index in [0.717, 1.165) is 11.1 Å². The topological polar surface area (TPSA) is 47.4 Å². The summed E-state index contributed by atoms with van der Waals surface area (Å²) in [5.74, 6) is 0.492. The molecule has 0 bridgehead atoms. The summed E-state index contributed by atoms with van der Waals surface area (Å²) in [4.78, 5) is 14.6. The lowest BCUT2D eigenvalue weighted by Gasteiger charge is -2.27. The molecule has 1 amide bonds. The van der Waals surface area contributed by atoms with Gasteiger partial charge in [0, 0.05) is 19.2 Å². The van der Waals surface area contributed by atoms with E-state index in [4.69, 9.17) is 4.74 Å². The van der Waals surface area contributed by atoms with E-state index in [2.05, 4.69) is 5.10 Å². The van der Waals surface area contributed by atoms with Crippen LogP contribution < -0.4 is 4.74 Å². The molecular formula is C20H19N3O2. The average Bonchev–Trinajstić information content (AvgIpc) is 3.08. The summed E-state index contributed by atoms with van der Waals surface area (Å²) >= 11 is 0. The van der Waals surface area contributed by atoms with Crippen molar-refractivity contribution in [1.82, 2.24) is 14.7 Å². The number of hydrogen-bond donors (Lipinski definition) is 0.